The van der Waals surface area contributed by atoms with E-state index >= 15 is 0 Å². The first-order valence-corrected chi connectivity index (χ1v) is 3.49. The van der Waals surface area contributed by atoms with Gasteiger partial charge in [0.15, 0.2) is 5.76 Å². The minimum Gasteiger partial charge on any atom is -0.397 e. The van der Waals surface area contributed by atoms with E-state index in [1.165, 1.54) is 0 Å². The highest BCUT2D eigenvalue weighted by Gasteiger charge is 2.01. The number of anilines is 1. The lowest BCUT2D eigenvalue weighted by molar-refractivity contribution is 0.431. The summed E-state index contributed by atoms with van der Waals surface area (Å²) in [6, 6.07) is 5.30. The third kappa shape index (κ3) is 1.14. The van der Waals surface area contributed by atoms with Gasteiger partial charge in [0.25, 0.3) is 0 Å². The number of hydrogen-bond donors (Lipinski definition) is 1. The zero-order valence-electron chi connectivity index (χ0n) is 6.27. The van der Waals surface area contributed by atoms with E-state index in [0.717, 1.165) is 5.69 Å². The van der Waals surface area contributed by atoms with Crippen molar-refractivity contribution >= 4 is 5.69 Å². The van der Waals surface area contributed by atoms with Crippen molar-refractivity contribution in [1.29, 1.82) is 0 Å². The topological polar surface area (TPSA) is 64.9 Å². The standard InChI is InChI=1S/C8H7N3O/c9-6-1-2-7(10-5-6)8-3-4-11-12-8/h1-5H,9H2. The van der Waals surface area contributed by atoms with Crippen molar-refractivity contribution in [2.75, 3.05) is 5.73 Å². The fourth-order valence-corrected chi connectivity index (χ4v) is 0.899. The molecule has 0 aliphatic heterocycles. The average Bonchev–Trinajstić information content (AvgIpc) is 2.58. The maximum Gasteiger partial charge on any atom is 0.185 e. The first-order valence-electron chi connectivity index (χ1n) is 3.49. The molecule has 0 spiro atoms. The van der Waals surface area contributed by atoms with E-state index in [-0.39, 0.29) is 0 Å². The summed E-state index contributed by atoms with van der Waals surface area (Å²) >= 11 is 0. The van der Waals surface area contributed by atoms with Gasteiger partial charge in [-0.1, -0.05) is 5.16 Å². The van der Waals surface area contributed by atoms with Crippen LogP contribution in [0.4, 0.5) is 5.69 Å². The molecule has 0 radical (unpaired) electrons. The second-order valence-electron chi connectivity index (χ2n) is 2.35. The Hall–Kier alpha value is -1.84. The number of rotatable bonds is 1. The number of nitrogens with zero attached hydrogens (tertiary/aromatic N) is 2. The molecule has 0 aromatic carbocycles. The number of nitrogen functional groups attached to an aromatic ring is 1. The second kappa shape index (κ2) is 2.65. The molecular formula is C8H7N3O. The van der Waals surface area contributed by atoms with Gasteiger partial charge in [-0.2, -0.15) is 0 Å². The minimum atomic E-state index is 0.637. The molecular weight excluding hydrogens is 154 g/mol. The van der Waals surface area contributed by atoms with Gasteiger partial charge in [-0.05, 0) is 12.1 Å². The van der Waals surface area contributed by atoms with Gasteiger partial charge in [0.05, 0.1) is 18.1 Å². The van der Waals surface area contributed by atoms with Crippen LogP contribution in [0.25, 0.3) is 11.5 Å². The molecule has 2 aromatic rings. The normalized spacial score (nSPS) is 10.0. The average molecular weight is 161 g/mol. The molecule has 4 nitrogen and oxygen atoms in total. The van der Waals surface area contributed by atoms with E-state index in [1.807, 2.05) is 0 Å². The summed E-state index contributed by atoms with van der Waals surface area (Å²) in [5, 5.41) is 3.57. The SMILES string of the molecule is Nc1ccc(-c2ccno2)nc1. The molecule has 2 aromatic heterocycles. The van der Waals surface area contributed by atoms with Crippen LogP contribution in [-0.4, -0.2) is 10.1 Å². The molecule has 2 N–H and O–H groups in total. The summed E-state index contributed by atoms with van der Waals surface area (Å²) in [6.07, 6.45) is 3.16. The van der Waals surface area contributed by atoms with E-state index in [0.29, 0.717) is 11.4 Å². The molecule has 0 saturated heterocycles. The van der Waals surface area contributed by atoms with Gasteiger partial charge in [-0.25, -0.2) is 0 Å². The quantitative estimate of drug-likeness (QED) is 0.685. The van der Waals surface area contributed by atoms with Crippen molar-refractivity contribution in [3.05, 3.63) is 30.6 Å². The van der Waals surface area contributed by atoms with Crippen molar-refractivity contribution in [3.63, 3.8) is 0 Å². The monoisotopic (exact) mass is 161 g/mol. The van der Waals surface area contributed by atoms with Gasteiger partial charge in [-0.15, -0.1) is 0 Å². The van der Waals surface area contributed by atoms with E-state index in [1.54, 1.807) is 30.6 Å². The lowest BCUT2D eigenvalue weighted by Gasteiger charge is -1.94. The van der Waals surface area contributed by atoms with Gasteiger partial charge < -0.3 is 10.3 Å². The Morgan fingerprint density at radius 2 is 2.17 bits per heavy atom. The van der Waals surface area contributed by atoms with Crippen LogP contribution in [0, 0.1) is 0 Å². The predicted octanol–water partition coefficient (Wildman–Crippen LogP) is 1.32. The molecule has 0 amide bonds. The molecule has 2 rings (SSSR count). The summed E-state index contributed by atoms with van der Waals surface area (Å²) in [5.74, 6) is 0.648. The van der Waals surface area contributed by atoms with Crippen LogP contribution in [0.1, 0.15) is 0 Å². The van der Waals surface area contributed by atoms with Gasteiger partial charge in [0.1, 0.15) is 5.69 Å². The summed E-state index contributed by atoms with van der Waals surface area (Å²) in [6.45, 7) is 0. The molecule has 0 bridgehead atoms. The Labute approximate surface area is 69.0 Å². The van der Waals surface area contributed by atoms with E-state index in [2.05, 4.69) is 10.1 Å². The van der Waals surface area contributed by atoms with Gasteiger partial charge in [0.2, 0.25) is 0 Å². The van der Waals surface area contributed by atoms with Crippen molar-refractivity contribution in [2.24, 2.45) is 0 Å². The van der Waals surface area contributed by atoms with Crippen LogP contribution >= 0.6 is 0 Å². The van der Waals surface area contributed by atoms with Crippen LogP contribution in [0.15, 0.2) is 35.1 Å². The Bertz CT molecular complexity index is 352. The lowest BCUT2D eigenvalue weighted by atomic mass is 10.3. The zero-order valence-corrected chi connectivity index (χ0v) is 6.27. The number of aromatic nitrogens is 2. The fraction of sp³-hybridized carbons (Fsp3) is 0. The van der Waals surface area contributed by atoms with Gasteiger partial charge in [0, 0.05) is 6.07 Å². The Morgan fingerprint density at radius 1 is 1.25 bits per heavy atom. The fourth-order valence-electron chi connectivity index (χ4n) is 0.899. The molecule has 0 saturated carbocycles. The highest BCUT2D eigenvalue weighted by Crippen LogP contribution is 2.15. The molecule has 0 aliphatic carbocycles. The van der Waals surface area contributed by atoms with Crippen molar-refractivity contribution in [1.82, 2.24) is 10.1 Å². The second-order valence-corrected chi connectivity index (χ2v) is 2.35. The maximum absolute atomic E-state index is 5.47. The first-order chi connectivity index (χ1) is 5.86. The lowest BCUT2D eigenvalue weighted by Crippen LogP contribution is -1.86. The highest BCUT2D eigenvalue weighted by molar-refractivity contribution is 5.53. The van der Waals surface area contributed by atoms with Crippen molar-refractivity contribution < 1.29 is 4.52 Å². The number of hydrogen-bond acceptors (Lipinski definition) is 4. The van der Waals surface area contributed by atoms with Crippen LogP contribution in [0.2, 0.25) is 0 Å². The number of pyridine rings is 1. The highest BCUT2D eigenvalue weighted by atomic mass is 16.5. The molecule has 0 unspecified atom stereocenters. The molecule has 4 heteroatoms. The third-order valence-electron chi connectivity index (χ3n) is 1.48. The summed E-state index contributed by atoms with van der Waals surface area (Å²) in [7, 11) is 0. The predicted molar refractivity (Wildman–Crippen MR) is 44.1 cm³/mol. The van der Waals surface area contributed by atoms with Crippen LogP contribution in [0.3, 0.4) is 0 Å². The molecule has 12 heavy (non-hydrogen) atoms. The summed E-state index contributed by atoms with van der Waals surface area (Å²) < 4.78 is 4.91. The Kier molecular flexibility index (Phi) is 1.51. The smallest absolute Gasteiger partial charge is 0.185 e. The molecule has 0 aliphatic rings. The minimum absolute atomic E-state index is 0.637. The summed E-state index contributed by atoms with van der Waals surface area (Å²) in [4.78, 5) is 4.06. The van der Waals surface area contributed by atoms with E-state index in [9.17, 15) is 0 Å². The first kappa shape index (κ1) is 6.84. The number of nitrogens with two attached hydrogens (primary N) is 1. The van der Waals surface area contributed by atoms with Crippen LogP contribution < -0.4 is 5.73 Å². The largest absolute Gasteiger partial charge is 0.397 e. The maximum atomic E-state index is 5.47. The van der Waals surface area contributed by atoms with E-state index < -0.39 is 0 Å². The zero-order chi connectivity index (χ0) is 8.39. The third-order valence-corrected chi connectivity index (χ3v) is 1.48. The molecule has 2 heterocycles. The molecule has 60 valence electrons. The molecule has 0 atom stereocenters. The van der Waals surface area contributed by atoms with Crippen molar-refractivity contribution in [2.45, 2.75) is 0 Å². The Morgan fingerprint density at radius 3 is 2.75 bits per heavy atom. The van der Waals surface area contributed by atoms with Gasteiger partial charge in [-0.3, -0.25) is 4.98 Å². The van der Waals surface area contributed by atoms with Crippen LogP contribution in [-0.2, 0) is 0 Å². The summed E-state index contributed by atoms with van der Waals surface area (Å²) in [5.41, 5.74) is 6.85. The Balaban J connectivity index is 2.43. The van der Waals surface area contributed by atoms with Crippen LogP contribution in [0.5, 0.6) is 0 Å². The molecule has 0 fully saturated rings. The van der Waals surface area contributed by atoms with Gasteiger partial charge >= 0.3 is 0 Å². The van der Waals surface area contributed by atoms with E-state index in [4.69, 9.17) is 10.3 Å². The van der Waals surface area contributed by atoms with Crippen molar-refractivity contribution in [3.8, 4) is 11.5 Å².